The second-order valence-corrected chi connectivity index (χ2v) is 4.92. The van der Waals surface area contributed by atoms with Gasteiger partial charge in [-0.1, -0.05) is 0 Å². The number of nitrogens with zero attached hydrogens (tertiary/aromatic N) is 2. The van der Waals surface area contributed by atoms with Gasteiger partial charge in [0, 0.05) is 16.3 Å². The maximum absolute atomic E-state index is 5.36. The standard InChI is InChI=1S/C9H6N2OS2/c1-5-10-11-9(12-5)8-4-7-6(14-8)2-3-13-7/h2-4H,1H3. The molecule has 3 aromatic rings. The third-order valence-corrected chi connectivity index (χ3v) is 3.96. The van der Waals surface area contributed by atoms with Crippen LogP contribution in [0.25, 0.3) is 20.2 Å². The van der Waals surface area contributed by atoms with Crippen LogP contribution < -0.4 is 0 Å². The summed E-state index contributed by atoms with van der Waals surface area (Å²) in [7, 11) is 0. The maximum atomic E-state index is 5.36. The molecule has 0 aromatic carbocycles. The first-order chi connectivity index (χ1) is 6.83. The average Bonchev–Trinajstić information content (AvgIpc) is 2.75. The van der Waals surface area contributed by atoms with E-state index >= 15 is 0 Å². The van der Waals surface area contributed by atoms with Gasteiger partial charge in [-0.15, -0.1) is 32.9 Å². The Labute approximate surface area is 88.0 Å². The van der Waals surface area contributed by atoms with Gasteiger partial charge in [-0.05, 0) is 17.5 Å². The number of fused-ring (bicyclic) bond motifs is 1. The molecule has 3 aromatic heterocycles. The average molecular weight is 222 g/mol. The number of aryl methyl sites for hydroxylation is 1. The van der Waals surface area contributed by atoms with Crippen molar-refractivity contribution in [2.24, 2.45) is 0 Å². The summed E-state index contributed by atoms with van der Waals surface area (Å²) in [5.74, 6) is 1.23. The quantitative estimate of drug-likeness (QED) is 0.634. The Hall–Kier alpha value is -1.20. The van der Waals surface area contributed by atoms with Crippen molar-refractivity contribution in [1.29, 1.82) is 0 Å². The van der Waals surface area contributed by atoms with Gasteiger partial charge in [0.1, 0.15) is 0 Å². The molecule has 0 saturated heterocycles. The summed E-state index contributed by atoms with van der Waals surface area (Å²) in [4.78, 5) is 1.05. The van der Waals surface area contributed by atoms with Crippen molar-refractivity contribution in [3.63, 3.8) is 0 Å². The second-order valence-electron chi connectivity index (χ2n) is 2.89. The molecule has 0 unspecified atom stereocenters. The molecule has 0 bridgehead atoms. The lowest BCUT2D eigenvalue weighted by Crippen LogP contribution is -1.70. The van der Waals surface area contributed by atoms with Crippen LogP contribution in [0.2, 0.25) is 0 Å². The van der Waals surface area contributed by atoms with E-state index < -0.39 is 0 Å². The van der Waals surface area contributed by atoms with E-state index in [4.69, 9.17) is 4.42 Å². The van der Waals surface area contributed by atoms with E-state index in [1.807, 2.05) is 0 Å². The van der Waals surface area contributed by atoms with Gasteiger partial charge in [-0.25, -0.2) is 0 Å². The molecule has 0 aliphatic heterocycles. The Kier molecular flexibility index (Phi) is 1.68. The topological polar surface area (TPSA) is 38.9 Å². The van der Waals surface area contributed by atoms with Crippen molar-refractivity contribution in [2.45, 2.75) is 6.92 Å². The Morgan fingerprint density at radius 1 is 1.29 bits per heavy atom. The molecule has 0 saturated carbocycles. The van der Waals surface area contributed by atoms with Crippen molar-refractivity contribution < 1.29 is 4.42 Å². The van der Waals surface area contributed by atoms with E-state index in [1.165, 1.54) is 9.40 Å². The zero-order valence-electron chi connectivity index (χ0n) is 7.35. The van der Waals surface area contributed by atoms with Crippen LogP contribution in [-0.4, -0.2) is 10.2 Å². The predicted molar refractivity (Wildman–Crippen MR) is 57.7 cm³/mol. The van der Waals surface area contributed by atoms with Gasteiger partial charge in [0.25, 0.3) is 5.89 Å². The molecular formula is C9H6N2OS2. The third-order valence-electron chi connectivity index (χ3n) is 1.88. The lowest BCUT2D eigenvalue weighted by molar-refractivity contribution is 0.534. The molecule has 0 fully saturated rings. The zero-order valence-corrected chi connectivity index (χ0v) is 8.98. The van der Waals surface area contributed by atoms with Crippen molar-refractivity contribution in [2.75, 3.05) is 0 Å². The van der Waals surface area contributed by atoms with Crippen molar-refractivity contribution >= 4 is 32.1 Å². The number of hydrogen-bond acceptors (Lipinski definition) is 5. The number of aromatic nitrogens is 2. The van der Waals surface area contributed by atoms with Gasteiger partial charge < -0.3 is 4.42 Å². The van der Waals surface area contributed by atoms with Crippen LogP contribution >= 0.6 is 22.7 Å². The van der Waals surface area contributed by atoms with Gasteiger partial charge in [-0.3, -0.25) is 0 Å². The minimum atomic E-state index is 0.608. The first kappa shape index (κ1) is 8.14. The van der Waals surface area contributed by atoms with Gasteiger partial charge >= 0.3 is 0 Å². The number of rotatable bonds is 1. The number of thiophene rings is 2. The summed E-state index contributed by atoms with van der Waals surface area (Å²) < 4.78 is 7.92. The lowest BCUT2D eigenvalue weighted by Gasteiger charge is -1.83. The summed E-state index contributed by atoms with van der Waals surface area (Å²) in [5.41, 5.74) is 0. The Morgan fingerprint density at radius 2 is 2.21 bits per heavy atom. The molecule has 0 atom stereocenters. The van der Waals surface area contributed by atoms with Gasteiger partial charge in [0.05, 0.1) is 4.88 Å². The van der Waals surface area contributed by atoms with Crippen LogP contribution in [0.15, 0.2) is 21.9 Å². The van der Waals surface area contributed by atoms with E-state index in [1.54, 1.807) is 29.6 Å². The highest BCUT2D eigenvalue weighted by Crippen LogP contribution is 2.35. The molecule has 3 rings (SSSR count). The van der Waals surface area contributed by atoms with E-state index in [0.717, 1.165) is 4.88 Å². The van der Waals surface area contributed by atoms with Crippen LogP contribution in [0.5, 0.6) is 0 Å². The van der Waals surface area contributed by atoms with Crippen molar-refractivity contribution in [1.82, 2.24) is 10.2 Å². The van der Waals surface area contributed by atoms with Crippen LogP contribution in [0.4, 0.5) is 0 Å². The van der Waals surface area contributed by atoms with E-state index in [0.29, 0.717) is 11.8 Å². The minimum absolute atomic E-state index is 0.608. The lowest BCUT2D eigenvalue weighted by atomic mass is 10.4. The van der Waals surface area contributed by atoms with Crippen LogP contribution in [0.1, 0.15) is 5.89 Å². The third kappa shape index (κ3) is 1.17. The fourth-order valence-corrected chi connectivity index (χ4v) is 3.30. The molecule has 0 spiro atoms. The highest BCUT2D eigenvalue weighted by Gasteiger charge is 2.10. The monoisotopic (exact) mass is 222 g/mol. The smallest absolute Gasteiger partial charge is 0.257 e. The fourth-order valence-electron chi connectivity index (χ4n) is 1.27. The zero-order chi connectivity index (χ0) is 9.54. The SMILES string of the molecule is Cc1nnc(-c2cc3sccc3s2)o1. The van der Waals surface area contributed by atoms with E-state index in [9.17, 15) is 0 Å². The Bertz CT molecular complexity index is 550. The first-order valence-electron chi connectivity index (χ1n) is 4.10. The summed E-state index contributed by atoms with van der Waals surface area (Å²) in [6.07, 6.45) is 0. The van der Waals surface area contributed by atoms with Crippen LogP contribution in [0.3, 0.4) is 0 Å². The second kappa shape index (κ2) is 2.90. The Morgan fingerprint density at radius 3 is 2.93 bits per heavy atom. The minimum Gasteiger partial charge on any atom is -0.420 e. The molecule has 70 valence electrons. The highest BCUT2D eigenvalue weighted by molar-refractivity contribution is 7.28. The summed E-state index contributed by atoms with van der Waals surface area (Å²) in [5, 5.41) is 9.89. The van der Waals surface area contributed by atoms with E-state index in [-0.39, 0.29) is 0 Å². The molecule has 3 nitrogen and oxygen atoms in total. The first-order valence-corrected chi connectivity index (χ1v) is 5.80. The molecular weight excluding hydrogens is 216 g/mol. The highest BCUT2D eigenvalue weighted by atomic mass is 32.1. The van der Waals surface area contributed by atoms with Gasteiger partial charge in [-0.2, -0.15) is 0 Å². The summed E-state index contributed by atoms with van der Waals surface area (Å²) in [6, 6.07) is 4.20. The molecule has 0 N–H and O–H groups in total. The van der Waals surface area contributed by atoms with Crippen LogP contribution in [0, 0.1) is 6.92 Å². The van der Waals surface area contributed by atoms with Crippen molar-refractivity contribution in [3.05, 3.63) is 23.4 Å². The molecule has 14 heavy (non-hydrogen) atoms. The maximum Gasteiger partial charge on any atom is 0.257 e. The summed E-state index contributed by atoms with van der Waals surface area (Å²) >= 11 is 3.41. The van der Waals surface area contributed by atoms with Gasteiger partial charge in [0.15, 0.2) is 0 Å². The van der Waals surface area contributed by atoms with E-state index in [2.05, 4.69) is 27.7 Å². The van der Waals surface area contributed by atoms with Gasteiger partial charge in [0.2, 0.25) is 5.89 Å². The molecule has 0 aliphatic rings. The number of hydrogen-bond donors (Lipinski definition) is 0. The molecule has 0 aliphatic carbocycles. The fraction of sp³-hybridized carbons (Fsp3) is 0.111. The van der Waals surface area contributed by atoms with Crippen LogP contribution in [-0.2, 0) is 0 Å². The molecule has 5 heteroatoms. The molecule has 0 radical (unpaired) electrons. The summed E-state index contributed by atoms with van der Waals surface area (Å²) in [6.45, 7) is 1.80. The molecule has 0 amide bonds. The largest absolute Gasteiger partial charge is 0.420 e. The predicted octanol–water partition coefficient (Wildman–Crippen LogP) is 3.32. The molecule has 3 heterocycles. The normalized spacial score (nSPS) is 11.2. The Balaban J connectivity index is 2.18. The van der Waals surface area contributed by atoms with Crippen molar-refractivity contribution in [3.8, 4) is 10.8 Å².